The van der Waals surface area contributed by atoms with E-state index in [9.17, 15) is 13.6 Å². The predicted molar refractivity (Wildman–Crippen MR) is 87.2 cm³/mol. The number of hydrogen-bond donors (Lipinski definition) is 2. The van der Waals surface area contributed by atoms with Gasteiger partial charge in [-0.15, -0.1) is 0 Å². The Labute approximate surface area is 144 Å². The highest BCUT2D eigenvalue weighted by atomic mass is 35.5. The van der Waals surface area contributed by atoms with Gasteiger partial charge in [-0.25, -0.2) is 0 Å². The maximum atomic E-state index is 12.5. The van der Waals surface area contributed by atoms with Crippen molar-refractivity contribution in [3.63, 3.8) is 0 Å². The lowest BCUT2D eigenvalue weighted by Gasteiger charge is -2.24. The molecule has 7 heteroatoms. The summed E-state index contributed by atoms with van der Waals surface area (Å²) in [6.07, 6.45) is 5.57. The lowest BCUT2D eigenvalue weighted by atomic mass is 9.85. The first-order valence-corrected chi connectivity index (χ1v) is 8.67. The van der Waals surface area contributed by atoms with Gasteiger partial charge in [-0.05, 0) is 43.4 Å². The van der Waals surface area contributed by atoms with Gasteiger partial charge in [-0.2, -0.15) is 8.78 Å². The molecule has 1 saturated carbocycles. The van der Waals surface area contributed by atoms with Crippen LogP contribution in [0.25, 0.3) is 0 Å². The van der Waals surface area contributed by atoms with E-state index in [0.717, 1.165) is 12.8 Å². The van der Waals surface area contributed by atoms with Gasteiger partial charge in [0.25, 0.3) is 0 Å². The molecule has 3 unspecified atom stereocenters. The fraction of sp³-hybridized carbons (Fsp3) is 0.588. The molecular formula is C17H21ClF2N2O2. The van der Waals surface area contributed by atoms with Crippen LogP contribution in [0.5, 0.6) is 5.75 Å². The number of carbonyl (C=O) groups is 1. The van der Waals surface area contributed by atoms with Gasteiger partial charge < -0.3 is 15.4 Å². The third-order valence-electron chi connectivity index (χ3n) is 4.87. The van der Waals surface area contributed by atoms with E-state index in [1.807, 2.05) is 0 Å². The van der Waals surface area contributed by atoms with Crippen LogP contribution >= 0.6 is 11.6 Å². The zero-order valence-electron chi connectivity index (χ0n) is 13.2. The summed E-state index contributed by atoms with van der Waals surface area (Å²) in [5, 5.41) is 6.61. The molecule has 1 saturated heterocycles. The monoisotopic (exact) mass is 358 g/mol. The third kappa shape index (κ3) is 4.16. The van der Waals surface area contributed by atoms with Crippen LogP contribution in [0.3, 0.4) is 0 Å². The second-order valence-corrected chi connectivity index (χ2v) is 6.89. The molecule has 3 rings (SSSR count). The molecule has 0 spiro atoms. The average molecular weight is 359 g/mol. The second-order valence-electron chi connectivity index (χ2n) is 6.45. The van der Waals surface area contributed by atoms with Crippen molar-refractivity contribution < 1.29 is 18.3 Å². The first-order chi connectivity index (χ1) is 11.5. The fourth-order valence-electron chi connectivity index (χ4n) is 3.72. The molecule has 4 nitrogen and oxygen atoms in total. The number of nitrogens with one attached hydrogen (secondary N) is 2. The van der Waals surface area contributed by atoms with Crippen molar-refractivity contribution in [3.05, 3.63) is 28.8 Å². The molecule has 132 valence electrons. The van der Waals surface area contributed by atoms with Crippen LogP contribution in [0.1, 0.15) is 37.7 Å². The predicted octanol–water partition coefficient (Wildman–Crippen LogP) is 3.48. The first kappa shape index (κ1) is 17.4. The Kier molecular flexibility index (Phi) is 5.56. The number of alkyl halides is 2. The minimum atomic E-state index is -2.92. The van der Waals surface area contributed by atoms with E-state index in [4.69, 9.17) is 11.6 Å². The Hall–Kier alpha value is -1.40. The minimum absolute atomic E-state index is 0.0303. The molecule has 2 aliphatic rings. The number of hydrogen-bond acceptors (Lipinski definition) is 3. The summed E-state index contributed by atoms with van der Waals surface area (Å²) >= 11 is 5.91. The number of fused-ring (bicyclic) bond motifs is 1. The highest BCUT2D eigenvalue weighted by molar-refractivity contribution is 6.30. The molecule has 0 radical (unpaired) electrons. The molecule has 1 aromatic rings. The van der Waals surface area contributed by atoms with Gasteiger partial charge in [0.2, 0.25) is 5.91 Å². The second kappa shape index (κ2) is 7.66. The van der Waals surface area contributed by atoms with E-state index in [-0.39, 0.29) is 24.2 Å². The van der Waals surface area contributed by atoms with Crippen molar-refractivity contribution in [1.29, 1.82) is 0 Å². The van der Waals surface area contributed by atoms with E-state index >= 15 is 0 Å². The highest BCUT2D eigenvalue weighted by Gasteiger charge is 2.38. The summed E-state index contributed by atoms with van der Waals surface area (Å²) in [5.74, 6) is 0.494. The third-order valence-corrected chi connectivity index (χ3v) is 5.11. The normalized spacial score (nSPS) is 26.2. The van der Waals surface area contributed by atoms with Gasteiger partial charge >= 0.3 is 6.61 Å². The molecule has 0 aromatic heterocycles. The number of halogens is 3. The maximum absolute atomic E-state index is 12.5. The molecule has 2 N–H and O–H groups in total. The fourth-order valence-corrected chi connectivity index (χ4v) is 3.92. The molecule has 24 heavy (non-hydrogen) atoms. The molecule has 0 bridgehead atoms. The van der Waals surface area contributed by atoms with Gasteiger partial charge in [0.05, 0.1) is 6.04 Å². The Morgan fingerprint density at radius 1 is 1.38 bits per heavy atom. The van der Waals surface area contributed by atoms with Crippen LogP contribution in [0, 0.1) is 5.92 Å². The topological polar surface area (TPSA) is 50.4 Å². The lowest BCUT2D eigenvalue weighted by Crippen LogP contribution is -2.42. The van der Waals surface area contributed by atoms with Crippen molar-refractivity contribution in [2.75, 3.05) is 0 Å². The molecule has 1 amide bonds. The number of ether oxygens (including phenoxy) is 1. The summed E-state index contributed by atoms with van der Waals surface area (Å²) in [6.45, 7) is -2.81. The molecular weight excluding hydrogens is 338 g/mol. The lowest BCUT2D eigenvalue weighted by molar-refractivity contribution is -0.123. The summed E-state index contributed by atoms with van der Waals surface area (Å²) < 4.78 is 29.4. The van der Waals surface area contributed by atoms with Crippen molar-refractivity contribution in [3.8, 4) is 5.75 Å². The van der Waals surface area contributed by atoms with Crippen molar-refractivity contribution in [2.24, 2.45) is 5.92 Å². The SMILES string of the molecule is O=C(NCc1cc(Cl)ccc1OC(F)F)C1CC2CCCCC2N1. The quantitative estimate of drug-likeness (QED) is 0.847. The van der Waals surface area contributed by atoms with Crippen molar-refractivity contribution in [2.45, 2.75) is 57.3 Å². The molecule has 3 atom stereocenters. The van der Waals surface area contributed by atoms with E-state index in [1.54, 1.807) is 0 Å². The average Bonchev–Trinajstić information content (AvgIpc) is 2.98. The number of rotatable bonds is 5. The standard InChI is InChI=1S/C17H21ClF2N2O2/c18-12-5-6-15(24-17(19)20)11(7-12)9-21-16(23)14-8-10-3-1-2-4-13(10)22-14/h5-7,10,13-14,17,22H,1-4,8-9H2,(H,21,23). The Morgan fingerprint density at radius 3 is 2.92 bits per heavy atom. The van der Waals surface area contributed by atoms with Crippen LogP contribution in [-0.4, -0.2) is 24.6 Å². The maximum Gasteiger partial charge on any atom is 0.387 e. The van der Waals surface area contributed by atoms with Gasteiger partial charge in [-0.3, -0.25) is 4.79 Å². The molecule has 1 heterocycles. The van der Waals surface area contributed by atoms with Crippen LogP contribution in [0.15, 0.2) is 18.2 Å². The van der Waals surface area contributed by atoms with E-state index in [2.05, 4.69) is 15.4 Å². The Bertz CT molecular complexity index is 586. The number of amides is 1. The zero-order chi connectivity index (χ0) is 17.1. The van der Waals surface area contributed by atoms with Gasteiger partial charge in [0.1, 0.15) is 5.75 Å². The number of carbonyl (C=O) groups excluding carboxylic acids is 1. The van der Waals surface area contributed by atoms with Crippen molar-refractivity contribution in [1.82, 2.24) is 10.6 Å². The highest BCUT2D eigenvalue weighted by Crippen LogP contribution is 2.33. The minimum Gasteiger partial charge on any atom is -0.434 e. The number of benzene rings is 1. The first-order valence-electron chi connectivity index (χ1n) is 8.30. The summed E-state index contributed by atoms with van der Waals surface area (Å²) in [5.41, 5.74) is 0.437. The van der Waals surface area contributed by atoms with Gasteiger partial charge in [0.15, 0.2) is 0 Å². The van der Waals surface area contributed by atoms with Gasteiger partial charge in [-0.1, -0.05) is 24.4 Å². The van der Waals surface area contributed by atoms with Crippen molar-refractivity contribution >= 4 is 17.5 Å². The van der Waals surface area contributed by atoms with Crippen LogP contribution < -0.4 is 15.4 Å². The Morgan fingerprint density at radius 2 is 2.17 bits per heavy atom. The summed E-state index contributed by atoms with van der Waals surface area (Å²) in [7, 11) is 0. The zero-order valence-corrected chi connectivity index (χ0v) is 14.0. The van der Waals surface area contributed by atoms with Crippen LogP contribution in [-0.2, 0) is 11.3 Å². The largest absolute Gasteiger partial charge is 0.434 e. The molecule has 1 aromatic carbocycles. The summed E-state index contributed by atoms with van der Waals surface area (Å²) in [6, 6.07) is 4.61. The van der Waals surface area contributed by atoms with Crippen LogP contribution in [0.2, 0.25) is 5.02 Å². The summed E-state index contributed by atoms with van der Waals surface area (Å²) in [4.78, 5) is 12.4. The molecule has 2 fully saturated rings. The molecule has 1 aliphatic carbocycles. The van der Waals surface area contributed by atoms with Gasteiger partial charge in [0, 0.05) is 23.2 Å². The van der Waals surface area contributed by atoms with E-state index < -0.39 is 6.61 Å². The van der Waals surface area contributed by atoms with E-state index in [0.29, 0.717) is 22.5 Å². The smallest absolute Gasteiger partial charge is 0.387 e. The Balaban J connectivity index is 1.59. The van der Waals surface area contributed by atoms with Crippen LogP contribution in [0.4, 0.5) is 8.78 Å². The molecule has 1 aliphatic heterocycles. The van der Waals surface area contributed by atoms with E-state index in [1.165, 1.54) is 37.5 Å².